The summed E-state index contributed by atoms with van der Waals surface area (Å²) in [5.41, 5.74) is 9.50. The van der Waals surface area contributed by atoms with Gasteiger partial charge in [-0.2, -0.15) is 0 Å². The van der Waals surface area contributed by atoms with E-state index in [0.29, 0.717) is 5.75 Å². The SMILES string of the molecule is COc1cc(C=C2N=C(N)N([C@H](C)c3ccc(F)cc3)C2=O)ccc1-n1cnc(C)c1. The minimum Gasteiger partial charge on any atom is -0.495 e. The van der Waals surface area contributed by atoms with Gasteiger partial charge in [0.2, 0.25) is 5.96 Å². The summed E-state index contributed by atoms with van der Waals surface area (Å²) in [6.07, 6.45) is 5.28. The quantitative estimate of drug-likeness (QED) is 0.641. The van der Waals surface area contributed by atoms with Gasteiger partial charge >= 0.3 is 0 Å². The number of nitrogens with two attached hydrogens (primary N) is 1. The highest BCUT2D eigenvalue weighted by Crippen LogP contribution is 2.29. The molecule has 31 heavy (non-hydrogen) atoms. The number of halogens is 1. The van der Waals surface area contributed by atoms with Crippen molar-refractivity contribution in [2.45, 2.75) is 19.9 Å². The lowest BCUT2D eigenvalue weighted by Crippen LogP contribution is -2.39. The zero-order chi connectivity index (χ0) is 22.1. The van der Waals surface area contributed by atoms with Gasteiger partial charge in [0.05, 0.1) is 30.9 Å². The van der Waals surface area contributed by atoms with Gasteiger partial charge in [-0.25, -0.2) is 14.4 Å². The van der Waals surface area contributed by atoms with Crippen LogP contribution in [-0.2, 0) is 4.79 Å². The molecule has 1 atom stereocenters. The van der Waals surface area contributed by atoms with Crippen molar-refractivity contribution in [3.05, 3.63) is 83.3 Å². The van der Waals surface area contributed by atoms with Crippen molar-refractivity contribution in [2.24, 2.45) is 10.7 Å². The molecule has 1 amide bonds. The molecule has 0 radical (unpaired) electrons. The van der Waals surface area contributed by atoms with Crippen molar-refractivity contribution in [2.75, 3.05) is 7.11 Å². The summed E-state index contributed by atoms with van der Waals surface area (Å²) < 4.78 is 20.6. The summed E-state index contributed by atoms with van der Waals surface area (Å²) >= 11 is 0. The Labute approximate surface area is 179 Å². The first-order chi connectivity index (χ1) is 14.9. The van der Waals surface area contributed by atoms with E-state index < -0.39 is 0 Å². The summed E-state index contributed by atoms with van der Waals surface area (Å²) in [7, 11) is 1.59. The number of hydrogen-bond donors (Lipinski definition) is 1. The third kappa shape index (κ3) is 3.92. The van der Waals surface area contributed by atoms with Crippen LogP contribution in [0, 0.1) is 12.7 Å². The Bertz CT molecular complexity index is 1200. The molecule has 2 aromatic carbocycles. The van der Waals surface area contributed by atoms with E-state index in [9.17, 15) is 9.18 Å². The van der Waals surface area contributed by atoms with E-state index in [1.165, 1.54) is 17.0 Å². The lowest BCUT2D eigenvalue weighted by molar-refractivity contribution is -0.124. The number of carbonyl (C=O) groups is 1. The van der Waals surface area contributed by atoms with Gasteiger partial charge in [-0.1, -0.05) is 18.2 Å². The van der Waals surface area contributed by atoms with Crippen molar-refractivity contribution >= 4 is 17.9 Å². The van der Waals surface area contributed by atoms with E-state index in [2.05, 4.69) is 9.98 Å². The van der Waals surface area contributed by atoms with Gasteiger partial charge in [-0.05, 0) is 55.3 Å². The Morgan fingerprint density at radius 3 is 2.58 bits per heavy atom. The minimum atomic E-state index is -0.385. The number of amides is 1. The maximum absolute atomic E-state index is 13.2. The molecule has 2 heterocycles. The Kier molecular flexibility index (Phi) is 5.29. The first-order valence-electron chi connectivity index (χ1n) is 9.71. The number of rotatable bonds is 5. The molecule has 0 fully saturated rings. The molecule has 1 aromatic heterocycles. The fourth-order valence-electron chi connectivity index (χ4n) is 3.52. The molecule has 0 unspecified atom stereocenters. The van der Waals surface area contributed by atoms with E-state index in [1.807, 2.05) is 42.8 Å². The van der Waals surface area contributed by atoms with Gasteiger partial charge in [0, 0.05) is 6.20 Å². The maximum Gasteiger partial charge on any atom is 0.279 e. The molecule has 0 aliphatic carbocycles. The number of guanidine groups is 1. The van der Waals surface area contributed by atoms with Crippen LogP contribution in [0.25, 0.3) is 11.8 Å². The van der Waals surface area contributed by atoms with Crippen molar-refractivity contribution in [3.63, 3.8) is 0 Å². The maximum atomic E-state index is 13.2. The predicted molar refractivity (Wildman–Crippen MR) is 116 cm³/mol. The van der Waals surface area contributed by atoms with Crippen LogP contribution in [0.5, 0.6) is 5.75 Å². The van der Waals surface area contributed by atoms with Crippen molar-refractivity contribution < 1.29 is 13.9 Å². The van der Waals surface area contributed by atoms with Gasteiger partial charge in [-0.15, -0.1) is 0 Å². The van der Waals surface area contributed by atoms with Gasteiger partial charge in [-0.3, -0.25) is 9.69 Å². The molecule has 0 spiro atoms. The summed E-state index contributed by atoms with van der Waals surface area (Å²) in [6, 6.07) is 11.2. The van der Waals surface area contributed by atoms with E-state index in [4.69, 9.17) is 10.5 Å². The number of imidazole rings is 1. The molecule has 3 aromatic rings. The van der Waals surface area contributed by atoms with Crippen LogP contribution in [0.4, 0.5) is 4.39 Å². The van der Waals surface area contributed by atoms with Crippen LogP contribution >= 0.6 is 0 Å². The molecular formula is C23H22FN5O2. The molecule has 1 aliphatic rings. The van der Waals surface area contributed by atoms with Gasteiger partial charge in [0.15, 0.2) is 0 Å². The number of methoxy groups -OCH3 is 1. The minimum absolute atomic E-state index is 0.102. The number of aliphatic imine (C=N–C) groups is 1. The van der Waals surface area contributed by atoms with Crippen LogP contribution in [-0.4, -0.2) is 33.4 Å². The van der Waals surface area contributed by atoms with Crippen molar-refractivity contribution in [1.82, 2.24) is 14.5 Å². The molecule has 2 N–H and O–H groups in total. The van der Waals surface area contributed by atoms with Crippen molar-refractivity contribution in [1.29, 1.82) is 0 Å². The molecular weight excluding hydrogens is 397 g/mol. The largest absolute Gasteiger partial charge is 0.495 e. The predicted octanol–water partition coefficient (Wildman–Crippen LogP) is 3.59. The first kappa shape index (κ1) is 20.3. The van der Waals surface area contributed by atoms with Crippen LogP contribution < -0.4 is 10.5 Å². The number of aryl methyl sites for hydroxylation is 1. The number of hydrogen-bond acceptors (Lipinski definition) is 5. The third-order valence-corrected chi connectivity index (χ3v) is 5.16. The number of aromatic nitrogens is 2. The highest BCUT2D eigenvalue weighted by Gasteiger charge is 2.33. The third-order valence-electron chi connectivity index (χ3n) is 5.16. The Balaban J connectivity index is 1.62. The lowest BCUT2D eigenvalue weighted by atomic mass is 10.1. The molecule has 4 rings (SSSR count). The van der Waals surface area contributed by atoms with Gasteiger partial charge in [0.1, 0.15) is 17.3 Å². The van der Waals surface area contributed by atoms with Gasteiger partial charge in [0.25, 0.3) is 5.91 Å². The average Bonchev–Trinajstić information content (AvgIpc) is 3.30. The Hall–Kier alpha value is -3.94. The first-order valence-corrected chi connectivity index (χ1v) is 9.71. The van der Waals surface area contributed by atoms with E-state index in [1.54, 1.807) is 31.6 Å². The second-order valence-electron chi connectivity index (χ2n) is 7.26. The number of nitrogens with zero attached hydrogens (tertiary/aromatic N) is 4. The Morgan fingerprint density at radius 1 is 1.19 bits per heavy atom. The Morgan fingerprint density at radius 2 is 1.94 bits per heavy atom. The highest BCUT2D eigenvalue weighted by atomic mass is 19.1. The van der Waals surface area contributed by atoms with Crippen LogP contribution in [0.15, 0.2) is 65.7 Å². The lowest BCUT2D eigenvalue weighted by Gasteiger charge is -2.24. The van der Waals surface area contributed by atoms with Crippen LogP contribution in [0.3, 0.4) is 0 Å². The van der Waals surface area contributed by atoms with E-state index >= 15 is 0 Å². The van der Waals surface area contributed by atoms with E-state index in [0.717, 1.165) is 22.5 Å². The summed E-state index contributed by atoms with van der Waals surface area (Å²) in [5.74, 6) is 0.0769. The number of carbonyl (C=O) groups excluding carboxylic acids is 1. The molecule has 158 valence electrons. The van der Waals surface area contributed by atoms with Crippen LogP contribution in [0.1, 0.15) is 29.8 Å². The smallest absolute Gasteiger partial charge is 0.279 e. The summed E-state index contributed by atoms with van der Waals surface area (Å²) in [4.78, 5) is 22.9. The normalized spacial score (nSPS) is 16.0. The second kappa shape index (κ2) is 8.06. The molecule has 0 saturated heterocycles. The molecule has 0 saturated carbocycles. The summed E-state index contributed by atoms with van der Waals surface area (Å²) in [5, 5.41) is 0. The monoisotopic (exact) mass is 419 g/mol. The molecule has 0 bridgehead atoms. The van der Waals surface area contributed by atoms with E-state index in [-0.39, 0.29) is 29.4 Å². The molecule has 7 nitrogen and oxygen atoms in total. The fraction of sp³-hybridized carbons (Fsp3) is 0.174. The fourth-order valence-corrected chi connectivity index (χ4v) is 3.52. The number of ether oxygens (including phenoxy) is 1. The standard InChI is InChI=1S/C23H22FN5O2/c1-14-12-28(13-26-14)20-9-4-16(11-21(20)31-3)10-19-22(30)29(23(25)27-19)15(2)17-5-7-18(24)8-6-17/h4-13,15H,1-3H3,(H2,25,27)/t15-/m1/s1. The molecule has 8 heteroatoms. The van der Waals surface area contributed by atoms with Gasteiger partial charge < -0.3 is 15.0 Å². The zero-order valence-corrected chi connectivity index (χ0v) is 17.4. The zero-order valence-electron chi connectivity index (χ0n) is 17.4. The summed E-state index contributed by atoms with van der Waals surface area (Å²) in [6.45, 7) is 3.73. The topological polar surface area (TPSA) is 85.7 Å². The molecule has 1 aliphatic heterocycles. The average molecular weight is 419 g/mol. The highest BCUT2D eigenvalue weighted by molar-refractivity contribution is 6.13. The number of benzene rings is 2. The van der Waals surface area contributed by atoms with Crippen LogP contribution in [0.2, 0.25) is 0 Å². The second-order valence-corrected chi connectivity index (χ2v) is 7.26. The van der Waals surface area contributed by atoms with Crippen molar-refractivity contribution in [3.8, 4) is 11.4 Å².